The summed E-state index contributed by atoms with van der Waals surface area (Å²) in [5.41, 5.74) is 2.32. The second kappa shape index (κ2) is 7.72. The fourth-order valence-electron chi connectivity index (χ4n) is 4.09. The van der Waals surface area contributed by atoms with Gasteiger partial charge in [0.1, 0.15) is 0 Å². The van der Waals surface area contributed by atoms with Gasteiger partial charge in [-0.15, -0.1) is 0 Å². The van der Waals surface area contributed by atoms with Gasteiger partial charge in [0.05, 0.1) is 15.8 Å². The number of aliphatic imine (C=N–C) groups is 1. The first-order valence-corrected chi connectivity index (χ1v) is 10.9. The summed E-state index contributed by atoms with van der Waals surface area (Å²) in [5, 5.41) is 3.66. The van der Waals surface area contributed by atoms with Gasteiger partial charge in [0.15, 0.2) is 0 Å². The van der Waals surface area contributed by atoms with Crippen LogP contribution in [0.5, 0.6) is 0 Å². The van der Waals surface area contributed by atoms with E-state index in [0.29, 0.717) is 5.92 Å². The van der Waals surface area contributed by atoms with E-state index >= 15 is 0 Å². The van der Waals surface area contributed by atoms with Crippen LogP contribution in [-0.4, -0.2) is 28.9 Å². The maximum Gasteiger partial charge on any atom is 0.307 e. The summed E-state index contributed by atoms with van der Waals surface area (Å²) in [6.45, 7) is 3.36. The van der Waals surface area contributed by atoms with E-state index in [9.17, 15) is 4.79 Å². The lowest BCUT2D eigenvalue weighted by molar-refractivity contribution is 0.310. The number of nitrogens with one attached hydrogen (secondary N) is 1. The number of fused-ring (bicyclic) bond motifs is 1. The van der Waals surface area contributed by atoms with E-state index in [1.807, 2.05) is 13.3 Å². The smallest absolute Gasteiger partial charge is 0.307 e. The Bertz CT molecular complexity index is 907. The zero-order valence-electron chi connectivity index (χ0n) is 16.3. The predicted molar refractivity (Wildman–Crippen MR) is 115 cm³/mol. The van der Waals surface area contributed by atoms with Crippen molar-refractivity contribution in [1.82, 2.24) is 9.88 Å². The van der Waals surface area contributed by atoms with Gasteiger partial charge in [0, 0.05) is 19.3 Å². The van der Waals surface area contributed by atoms with E-state index in [2.05, 4.69) is 42.6 Å². The number of rotatable bonds is 9. The molecule has 2 heterocycles. The Morgan fingerprint density at radius 3 is 2.96 bits per heavy atom. The zero-order valence-corrected chi connectivity index (χ0v) is 17.1. The second-order valence-electron chi connectivity index (χ2n) is 8.20. The molecule has 27 heavy (non-hydrogen) atoms. The quantitative estimate of drug-likeness (QED) is 0.709. The highest BCUT2D eigenvalue weighted by atomic mass is 32.1. The van der Waals surface area contributed by atoms with Crippen molar-refractivity contribution < 1.29 is 0 Å². The largest absolute Gasteiger partial charge is 0.314 e. The molecule has 1 aliphatic carbocycles. The molecule has 0 saturated heterocycles. The van der Waals surface area contributed by atoms with Crippen molar-refractivity contribution in [2.24, 2.45) is 18.0 Å². The average molecular weight is 384 g/mol. The molecule has 0 radical (unpaired) electrons. The van der Waals surface area contributed by atoms with Gasteiger partial charge < -0.3 is 9.88 Å². The van der Waals surface area contributed by atoms with Crippen LogP contribution in [0.1, 0.15) is 44.6 Å². The molecule has 2 aromatic rings. The van der Waals surface area contributed by atoms with Crippen LogP contribution in [0.2, 0.25) is 0 Å². The standard InChI is InChI=1S/C22H29N3OS/c1-22(12-4-13-24-22)17(11-14-23-18-8-9-18)6-3-5-16-7-10-19-20(15-16)27-21(26)25(19)2/h4,7,10,12-13,15,17-18,23H,3,5-6,8-9,11,14H2,1-2H3. The minimum Gasteiger partial charge on any atom is -0.314 e. The molecule has 1 saturated carbocycles. The minimum atomic E-state index is -0.0475. The highest BCUT2D eigenvalue weighted by Crippen LogP contribution is 2.33. The molecule has 0 bridgehead atoms. The van der Waals surface area contributed by atoms with Crippen LogP contribution in [0.15, 0.2) is 40.1 Å². The van der Waals surface area contributed by atoms with E-state index in [1.54, 1.807) is 4.57 Å². The highest BCUT2D eigenvalue weighted by molar-refractivity contribution is 7.16. The van der Waals surface area contributed by atoms with Crippen molar-refractivity contribution in [2.45, 2.75) is 57.0 Å². The summed E-state index contributed by atoms with van der Waals surface area (Å²) in [5.74, 6) is 0.565. The molecule has 0 amide bonds. The molecule has 0 spiro atoms. The summed E-state index contributed by atoms with van der Waals surface area (Å²) >= 11 is 1.34. The first kappa shape index (κ1) is 18.6. The topological polar surface area (TPSA) is 46.4 Å². The van der Waals surface area contributed by atoms with Crippen LogP contribution < -0.4 is 10.2 Å². The maximum absolute atomic E-state index is 11.8. The third-order valence-corrected chi connectivity index (χ3v) is 7.07. The Morgan fingerprint density at radius 1 is 1.37 bits per heavy atom. The molecule has 1 aromatic carbocycles. The van der Waals surface area contributed by atoms with E-state index in [0.717, 1.165) is 35.6 Å². The predicted octanol–water partition coefficient (Wildman–Crippen LogP) is 4.08. The van der Waals surface area contributed by atoms with Gasteiger partial charge >= 0.3 is 4.87 Å². The molecular formula is C22H29N3OS. The first-order valence-electron chi connectivity index (χ1n) is 10.1. The lowest BCUT2D eigenvalue weighted by Crippen LogP contribution is -2.32. The molecule has 2 aliphatic rings. The van der Waals surface area contributed by atoms with Gasteiger partial charge in [-0.1, -0.05) is 23.5 Å². The van der Waals surface area contributed by atoms with Gasteiger partial charge in [-0.3, -0.25) is 9.79 Å². The third-order valence-electron chi connectivity index (χ3n) is 6.08. The van der Waals surface area contributed by atoms with E-state index in [1.165, 1.54) is 42.6 Å². The number of thiazole rings is 1. The normalized spacial score (nSPS) is 22.7. The SMILES string of the molecule is Cn1c(=O)sc2cc(CCCC(CCNC3CC3)C3(C)C=CC=N3)ccc21. The fourth-order valence-corrected chi connectivity index (χ4v) is 5.03. The van der Waals surface area contributed by atoms with Gasteiger partial charge in [0.25, 0.3) is 0 Å². The Hall–Kier alpha value is -1.72. The summed E-state index contributed by atoms with van der Waals surface area (Å²) in [6, 6.07) is 7.23. The summed E-state index contributed by atoms with van der Waals surface area (Å²) in [4.78, 5) is 16.7. The lowest BCUT2D eigenvalue weighted by Gasteiger charge is -2.30. The lowest BCUT2D eigenvalue weighted by atomic mass is 9.80. The molecule has 1 aliphatic heterocycles. The molecule has 2 atom stereocenters. The van der Waals surface area contributed by atoms with E-state index < -0.39 is 0 Å². The number of hydrogen-bond donors (Lipinski definition) is 1. The van der Waals surface area contributed by atoms with E-state index in [-0.39, 0.29) is 10.4 Å². The van der Waals surface area contributed by atoms with Crippen molar-refractivity contribution in [3.05, 3.63) is 45.6 Å². The molecule has 1 fully saturated rings. The van der Waals surface area contributed by atoms with Crippen molar-refractivity contribution in [3.63, 3.8) is 0 Å². The fraction of sp³-hybridized carbons (Fsp3) is 0.545. The van der Waals surface area contributed by atoms with Crippen molar-refractivity contribution >= 4 is 27.8 Å². The highest BCUT2D eigenvalue weighted by Gasteiger charge is 2.32. The number of aromatic nitrogens is 1. The molecule has 2 unspecified atom stereocenters. The van der Waals surface area contributed by atoms with Crippen LogP contribution in [0.3, 0.4) is 0 Å². The minimum absolute atomic E-state index is 0.0475. The molecule has 4 nitrogen and oxygen atoms in total. The van der Waals surface area contributed by atoms with Gasteiger partial charge in [-0.2, -0.15) is 0 Å². The van der Waals surface area contributed by atoms with Gasteiger partial charge in [0.2, 0.25) is 0 Å². The molecule has 144 valence electrons. The van der Waals surface area contributed by atoms with Crippen molar-refractivity contribution in [1.29, 1.82) is 0 Å². The van der Waals surface area contributed by atoms with Crippen LogP contribution in [0.25, 0.3) is 10.2 Å². The summed E-state index contributed by atoms with van der Waals surface area (Å²) in [6.07, 6.45) is 13.5. The summed E-state index contributed by atoms with van der Waals surface area (Å²) < 4.78 is 2.83. The average Bonchev–Trinajstić information content (AvgIpc) is 3.30. The Balaban J connectivity index is 1.37. The van der Waals surface area contributed by atoms with Gasteiger partial charge in [-0.05, 0) is 81.7 Å². The van der Waals surface area contributed by atoms with Crippen LogP contribution in [-0.2, 0) is 13.5 Å². The van der Waals surface area contributed by atoms with Crippen molar-refractivity contribution in [2.75, 3.05) is 6.54 Å². The zero-order chi connectivity index (χ0) is 18.9. The molecule has 4 rings (SSSR count). The molecule has 1 N–H and O–H groups in total. The Morgan fingerprint density at radius 2 is 2.22 bits per heavy atom. The Labute approximate surface area is 165 Å². The van der Waals surface area contributed by atoms with Crippen LogP contribution >= 0.6 is 11.3 Å². The van der Waals surface area contributed by atoms with Crippen molar-refractivity contribution in [3.8, 4) is 0 Å². The first-order chi connectivity index (χ1) is 13.0. The van der Waals surface area contributed by atoms with Gasteiger partial charge in [-0.25, -0.2) is 0 Å². The number of allylic oxidation sites excluding steroid dienone is 1. The number of benzene rings is 1. The molecular weight excluding hydrogens is 354 g/mol. The Kier molecular flexibility index (Phi) is 5.33. The molecule has 5 heteroatoms. The van der Waals surface area contributed by atoms with Crippen LogP contribution in [0.4, 0.5) is 0 Å². The third kappa shape index (κ3) is 4.25. The van der Waals surface area contributed by atoms with E-state index in [4.69, 9.17) is 4.99 Å². The number of aryl methyl sites for hydroxylation is 2. The monoisotopic (exact) mass is 383 g/mol. The maximum atomic E-state index is 11.8. The number of hydrogen-bond acceptors (Lipinski definition) is 4. The van der Waals surface area contributed by atoms with Crippen LogP contribution in [0, 0.1) is 5.92 Å². The number of nitrogens with zero attached hydrogens (tertiary/aromatic N) is 2. The molecule has 1 aromatic heterocycles. The second-order valence-corrected chi connectivity index (χ2v) is 9.19. The summed E-state index contributed by atoms with van der Waals surface area (Å²) in [7, 11) is 1.84.